The molecule has 0 bridgehead atoms. The van der Waals surface area contributed by atoms with E-state index in [1.165, 1.54) is 6.21 Å². The highest BCUT2D eigenvalue weighted by molar-refractivity contribution is 6.39. The highest BCUT2D eigenvalue weighted by Crippen LogP contribution is 2.17. The van der Waals surface area contributed by atoms with Crippen molar-refractivity contribution in [3.8, 4) is 5.75 Å². The molecule has 0 aliphatic carbocycles. The summed E-state index contributed by atoms with van der Waals surface area (Å²) in [6, 6.07) is 12.4. The maximum Gasteiger partial charge on any atom is 0.329 e. The first kappa shape index (κ1) is 22.0. The minimum absolute atomic E-state index is 0.0180. The standard InChI is InChI=1S/C23H26N4O4/c1-16-7-5-10-20(17(16)2)25-22(29)23(30)26-24-14-18-8-6-9-19(13-18)31-15-21(28)27-11-3-4-12-27/h5-10,13-14H,3-4,11-12,15H2,1-2H3,(H,25,29)(H,26,30)/b24-14-. The van der Waals surface area contributed by atoms with Gasteiger partial charge < -0.3 is 15.0 Å². The zero-order chi connectivity index (χ0) is 22.2. The van der Waals surface area contributed by atoms with E-state index < -0.39 is 11.8 Å². The van der Waals surface area contributed by atoms with Gasteiger partial charge in [-0.2, -0.15) is 5.10 Å². The van der Waals surface area contributed by atoms with Gasteiger partial charge in [-0.15, -0.1) is 0 Å². The Labute approximate surface area is 181 Å². The van der Waals surface area contributed by atoms with Crippen LogP contribution >= 0.6 is 0 Å². The fourth-order valence-corrected chi connectivity index (χ4v) is 3.17. The summed E-state index contributed by atoms with van der Waals surface area (Å²) in [7, 11) is 0. The molecule has 162 valence electrons. The van der Waals surface area contributed by atoms with Crippen LogP contribution in [0, 0.1) is 13.8 Å². The van der Waals surface area contributed by atoms with Crippen LogP contribution in [0.5, 0.6) is 5.75 Å². The minimum Gasteiger partial charge on any atom is -0.484 e. The van der Waals surface area contributed by atoms with Gasteiger partial charge in [-0.1, -0.05) is 24.3 Å². The summed E-state index contributed by atoms with van der Waals surface area (Å²) < 4.78 is 5.57. The Bertz CT molecular complexity index is 997. The Hall–Kier alpha value is -3.68. The van der Waals surface area contributed by atoms with Gasteiger partial charge in [0.25, 0.3) is 5.91 Å². The summed E-state index contributed by atoms with van der Waals surface area (Å²) in [4.78, 5) is 37.9. The molecule has 0 unspecified atom stereocenters. The Morgan fingerprint density at radius 2 is 1.81 bits per heavy atom. The van der Waals surface area contributed by atoms with Crippen molar-refractivity contribution in [2.75, 3.05) is 25.0 Å². The lowest BCUT2D eigenvalue weighted by molar-refractivity contribution is -0.136. The predicted molar refractivity (Wildman–Crippen MR) is 118 cm³/mol. The molecule has 8 heteroatoms. The van der Waals surface area contributed by atoms with E-state index >= 15 is 0 Å². The molecular formula is C23H26N4O4. The molecule has 8 nitrogen and oxygen atoms in total. The van der Waals surface area contributed by atoms with E-state index in [1.54, 1.807) is 35.2 Å². The molecule has 2 aromatic rings. The molecule has 31 heavy (non-hydrogen) atoms. The van der Waals surface area contributed by atoms with Gasteiger partial charge in [0.2, 0.25) is 0 Å². The van der Waals surface area contributed by atoms with Gasteiger partial charge in [-0.25, -0.2) is 5.43 Å². The van der Waals surface area contributed by atoms with Crippen LogP contribution in [-0.2, 0) is 14.4 Å². The first-order chi connectivity index (χ1) is 14.9. The van der Waals surface area contributed by atoms with Crippen molar-refractivity contribution in [3.05, 3.63) is 59.2 Å². The summed E-state index contributed by atoms with van der Waals surface area (Å²) in [5, 5.41) is 6.41. The van der Waals surface area contributed by atoms with Crippen molar-refractivity contribution in [1.82, 2.24) is 10.3 Å². The average molecular weight is 422 g/mol. The number of anilines is 1. The first-order valence-electron chi connectivity index (χ1n) is 10.2. The lowest BCUT2D eigenvalue weighted by Gasteiger charge is -2.15. The number of nitrogens with one attached hydrogen (secondary N) is 2. The molecule has 1 fully saturated rings. The fraction of sp³-hybridized carbons (Fsp3) is 0.304. The normalized spacial score (nSPS) is 13.3. The molecule has 0 aromatic heterocycles. The molecule has 3 rings (SSSR count). The summed E-state index contributed by atoms with van der Waals surface area (Å²) in [5.41, 5.74) is 5.35. The third kappa shape index (κ3) is 6.15. The molecule has 3 amide bonds. The van der Waals surface area contributed by atoms with E-state index in [9.17, 15) is 14.4 Å². The zero-order valence-corrected chi connectivity index (χ0v) is 17.7. The van der Waals surface area contributed by atoms with Crippen LogP contribution in [0.4, 0.5) is 5.69 Å². The number of carbonyl (C=O) groups excluding carboxylic acids is 3. The van der Waals surface area contributed by atoms with Gasteiger partial charge in [-0.3, -0.25) is 14.4 Å². The average Bonchev–Trinajstić information content (AvgIpc) is 3.30. The molecule has 0 spiro atoms. The number of benzene rings is 2. The van der Waals surface area contributed by atoms with Crippen LogP contribution in [0.2, 0.25) is 0 Å². The molecule has 1 aliphatic heterocycles. The number of nitrogens with zero attached hydrogens (tertiary/aromatic N) is 2. The number of rotatable bonds is 6. The van der Waals surface area contributed by atoms with E-state index in [1.807, 2.05) is 26.0 Å². The van der Waals surface area contributed by atoms with Crippen LogP contribution in [-0.4, -0.2) is 48.5 Å². The Kier molecular flexibility index (Phi) is 7.37. The van der Waals surface area contributed by atoms with Crippen LogP contribution < -0.4 is 15.5 Å². The fourth-order valence-electron chi connectivity index (χ4n) is 3.17. The van der Waals surface area contributed by atoms with Crippen LogP contribution in [0.25, 0.3) is 0 Å². The summed E-state index contributed by atoms with van der Waals surface area (Å²) in [6.07, 6.45) is 3.47. The first-order valence-corrected chi connectivity index (χ1v) is 10.2. The number of carbonyl (C=O) groups is 3. The molecule has 1 heterocycles. The van der Waals surface area contributed by atoms with Crippen LogP contribution in [0.15, 0.2) is 47.6 Å². The van der Waals surface area contributed by atoms with Gasteiger partial charge in [0, 0.05) is 18.8 Å². The lowest BCUT2D eigenvalue weighted by Crippen LogP contribution is -2.32. The molecule has 2 N–H and O–H groups in total. The van der Waals surface area contributed by atoms with Crippen LogP contribution in [0.3, 0.4) is 0 Å². The summed E-state index contributed by atoms with van der Waals surface area (Å²) >= 11 is 0. The molecule has 0 saturated carbocycles. The summed E-state index contributed by atoms with van der Waals surface area (Å²) in [6.45, 7) is 5.34. The Morgan fingerprint density at radius 1 is 1.06 bits per heavy atom. The van der Waals surface area contributed by atoms with E-state index in [4.69, 9.17) is 4.74 Å². The van der Waals surface area contributed by atoms with Crippen LogP contribution in [0.1, 0.15) is 29.5 Å². The van der Waals surface area contributed by atoms with Crippen molar-refractivity contribution in [3.63, 3.8) is 0 Å². The number of hydrazone groups is 1. The number of likely N-dealkylation sites (tertiary alicyclic amines) is 1. The third-order valence-electron chi connectivity index (χ3n) is 5.12. The highest BCUT2D eigenvalue weighted by atomic mass is 16.5. The van der Waals surface area contributed by atoms with E-state index in [2.05, 4.69) is 15.8 Å². The second-order valence-corrected chi connectivity index (χ2v) is 7.35. The Balaban J connectivity index is 1.50. The minimum atomic E-state index is -0.874. The van der Waals surface area contributed by atoms with Crippen molar-refractivity contribution >= 4 is 29.6 Å². The largest absolute Gasteiger partial charge is 0.484 e. The van der Waals surface area contributed by atoms with Crippen molar-refractivity contribution < 1.29 is 19.1 Å². The van der Waals surface area contributed by atoms with E-state index in [0.717, 1.165) is 37.1 Å². The maximum atomic E-state index is 12.1. The number of aryl methyl sites for hydroxylation is 1. The second kappa shape index (κ2) is 10.4. The molecular weight excluding hydrogens is 396 g/mol. The predicted octanol–water partition coefficient (Wildman–Crippen LogP) is 2.39. The molecule has 0 atom stereocenters. The SMILES string of the molecule is Cc1cccc(NC(=O)C(=O)N/N=C\c2cccc(OCC(=O)N3CCCC3)c2)c1C. The molecule has 2 aromatic carbocycles. The molecule has 0 radical (unpaired) electrons. The third-order valence-corrected chi connectivity index (χ3v) is 5.12. The summed E-state index contributed by atoms with van der Waals surface area (Å²) in [5.74, 6) is -1.18. The maximum absolute atomic E-state index is 12.1. The topological polar surface area (TPSA) is 100 Å². The van der Waals surface area contributed by atoms with Gasteiger partial charge in [-0.05, 0) is 61.6 Å². The van der Waals surface area contributed by atoms with E-state index in [-0.39, 0.29) is 12.5 Å². The van der Waals surface area contributed by atoms with Gasteiger partial charge in [0.05, 0.1) is 6.21 Å². The van der Waals surface area contributed by atoms with Crippen molar-refractivity contribution in [1.29, 1.82) is 0 Å². The van der Waals surface area contributed by atoms with Crippen molar-refractivity contribution in [2.45, 2.75) is 26.7 Å². The quantitative estimate of drug-likeness (QED) is 0.424. The van der Waals surface area contributed by atoms with Gasteiger partial charge in [0.1, 0.15) is 5.75 Å². The number of hydrogen-bond acceptors (Lipinski definition) is 5. The lowest BCUT2D eigenvalue weighted by atomic mass is 10.1. The number of hydrogen-bond donors (Lipinski definition) is 2. The van der Waals surface area contributed by atoms with Crippen molar-refractivity contribution in [2.24, 2.45) is 5.10 Å². The van der Waals surface area contributed by atoms with Gasteiger partial charge >= 0.3 is 11.8 Å². The zero-order valence-electron chi connectivity index (χ0n) is 17.7. The number of amides is 3. The molecule has 1 saturated heterocycles. The second-order valence-electron chi connectivity index (χ2n) is 7.35. The highest BCUT2D eigenvalue weighted by Gasteiger charge is 2.18. The van der Waals surface area contributed by atoms with E-state index in [0.29, 0.717) is 17.0 Å². The molecule has 1 aliphatic rings. The number of ether oxygens (including phenoxy) is 1. The van der Waals surface area contributed by atoms with Gasteiger partial charge in [0.15, 0.2) is 6.61 Å². The Morgan fingerprint density at radius 3 is 2.58 bits per heavy atom. The smallest absolute Gasteiger partial charge is 0.329 e. The monoisotopic (exact) mass is 422 g/mol.